The van der Waals surface area contributed by atoms with Gasteiger partial charge in [-0.05, 0) is 44.2 Å². The molecule has 1 aromatic heterocycles. The van der Waals surface area contributed by atoms with E-state index >= 15 is 0 Å². The maximum Gasteiger partial charge on any atom is 0.247 e. The van der Waals surface area contributed by atoms with E-state index in [0.717, 1.165) is 32.5 Å². The number of rotatable bonds is 5. The summed E-state index contributed by atoms with van der Waals surface area (Å²) in [6.45, 7) is 3.48. The molecule has 0 aliphatic heterocycles. The van der Waals surface area contributed by atoms with Crippen LogP contribution in [0.5, 0.6) is 0 Å². The second kappa shape index (κ2) is 7.50. The van der Waals surface area contributed by atoms with Crippen molar-refractivity contribution in [3.8, 4) is 0 Å². The van der Waals surface area contributed by atoms with E-state index in [1.165, 1.54) is 0 Å². The molecule has 0 fully saturated rings. The number of hydrogen-bond acceptors (Lipinski definition) is 4. The van der Waals surface area contributed by atoms with Gasteiger partial charge in [0.15, 0.2) is 0 Å². The Morgan fingerprint density at radius 2 is 1.63 bits per heavy atom. The molecule has 1 amide bonds. The van der Waals surface area contributed by atoms with Crippen LogP contribution in [0, 0.1) is 6.92 Å². The molecular formula is C23H22N2O4S. The fourth-order valence-electron chi connectivity index (χ4n) is 3.55. The predicted octanol–water partition coefficient (Wildman–Crippen LogP) is 4.69. The van der Waals surface area contributed by atoms with E-state index in [0.29, 0.717) is 17.0 Å². The Kier molecular flexibility index (Phi) is 4.99. The molecule has 3 aromatic carbocycles. The van der Waals surface area contributed by atoms with Crippen LogP contribution in [0.15, 0.2) is 71.1 Å². The van der Waals surface area contributed by atoms with Crippen molar-refractivity contribution < 1.29 is 17.6 Å². The number of nitrogens with one attached hydrogen (secondary N) is 1. The topological polar surface area (TPSA) is 79.6 Å². The van der Waals surface area contributed by atoms with Gasteiger partial charge >= 0.3 is 0 Å². The number of benzene rings is 3. The van der Waals surface area contributed by atoms with Crippen LogP contribution in [0.2, 0.25) is 0 Å². The summed E-state index contributed by atoms with van der Waals surface area (Å²) < 4.78 is 31.8. The smallest absolute Gasteiger partial charge is 0.247 e. The minimum Gasteiger partial charge on any atom is -0.456 e. The van der Waals surface area contributed by atoms with Crippen molar-refractivity contribution in [2.75, 3.05) is 15.9 Å². The molecule has 1 heterocycles. The van der Waals surface area contributed by atoms with Crippen LogP contribution < -0.4 is 9.62 Å². The standard InChI is InChI=1S/C23H22N2O4S/c1-15-8-11-18(12-9-15)25(30(3,27)28)16(2)23(26)24-17-10-13-20-19-6-4-5-7-21(19)29-22(20)14-17/h4-14,16H,1-3H3,(H,24,26)/t16-/m1/s1. The maximum absolute atomic E-state index is 12.9. The molecule has 154 valence electrons. The summed E-state index contributed by atoms with van der Waals surface area (Å²) in [5, 5.41) is 4.76. The number of amides is 1. The molecule has 0 bridgehead atoms. The van der Waals surface area contributed by atoms with Gasteiger partial charge in [0.1, 0.15) is 17.2 Å². The van der Waals surface area contributed by atoms with Crippen LogP contribution in [0.25, 0.3) is 21.9 Å². The van der Waals surface area contributed by atoms with Crippen molar-refractivity contribution >= 4 is 49.2 Å². The van der Waals surface area contributed by atoms with E-state index in [9.17, 15) is 13.2 Å². The Bertz CT molecular complexity index is 1340. The molecule has 0 spiro atoms. The molecule has 0 aliphatic carbocycles. The average molecular weight is 423 g/mol. The highest BCUT2D eigenvalue weighted by atomic mass is 32.2. The summed E-state index contributed by atoms with van der Waals surface area (Å²) in [5.41, 5.74) is 3.41. The van der Waals surface area contributed by atoms with Gasteiger partial charge in [-0.1, -0.05) is 35.9 Å². The summed E-state index contributed by atoms with van der Waals surface area (Å²) in [7, 11) is -3.67. The lowest BCUT2D eigenvalue weighted by Crippen LogP contribution is -2.45. The van der Waals surface area contributed by atoms with Gasteiger partial charge in [0, 0.05) is 22.5 Å². The van der Waals surface area contributed by atoms with Gasteiger partial charge in [-0.15, -0.1) is 0 Å². The second-order valence-electron chi connectivity index (χ2n) is 7.37. The molecule has 0 saturated carbocycles. The van der Waals surface area contributed by atoms with E-state index in [2.05, 4.69) is 5.32 Å². The molecule has 0 saturated heterocycles. The fraction of sp³-hybridized carbons (Fsp3) is 0.174. The van der Waals surface area contributed by atoms with E-state index in [1.807, 2.05) is 49.4 Å². The van der Waals surface area contributed by atoms with E-state index in [1.54, 1.807) is 31.2 Å². The number of carbonyl (C=O) groups excluding carboxylic acids is 1. The van der Waals surface area contributed by atoms with Crippen LogP contribution in [0.4, 0.5) is 11.4 Å². The van der Waals surface area contributed by atoms with Crippen LogP contribution in [-0.4, -0.2) is 26.6 Å². The molecule has 1 N–H and O–H groups in total. The van der Waals surface area contributed by atoms with Gasteiger partial charge in [-0.3, -0.25) is 9.10 Å². The first-order chi connectivity index (χ1) is 14.2. The number of aryl methyl sites for hydroxylation is 1. The Labute approximate surface area is 175 Å². The third-order valence-corrected chi connectivity index (χ3v) is 6.26. The summed E-state index contributed by atoms with van der Waals surface area (Å²) in [6, 6.07) is 19.2. The van der Waals surface area contributed by atoms with Crippen molar-refractivity contribution in [2.45, 2.75) is 19.9 Å². The number of carbonyl (C=O) groups is 1. The molecule has 0 aliphatic rings. The first-order valence-electron chi connectivity index (χ1n) is 9.52. The summed E-state index contributed by atoms with van der Waals surface area (Å²) in [4.78, 5) is 12.9. The van der Waals surface area contributed by atoms with Crippen molar-refractivity contribution in [1.82, 2.24) is 0 Å². The van der Waals surface area contributed by atoms with Crippen LogP contribution in [0.3, 0.4) is 0 Å². The molecule has 7 heteroatoms. The van der Waals surface area contributed by atoms with E-state index in [-0.39, 0.29) is 0 Å². The second-order valence-corrected chi connectivity index (χ2v) is 9.23. The van der Waals surface area contributed by atoms with E-state index < -0.39 is 22.0 Å². The number of para-hydroxylation sites is 1. The molecule has 30 heavy (non-hydrogen) atoms. The highest BCUT2D eigenvalue weighted by molar-refractivity contribution is 7.92. The van der Waals surface area contributed by atoms with Crippen LogP contribution >= 0.6 is 0 Å². The van der Waals surface area contributed by atoms with Crippen molar-refractivity contribution in [3.05, 3.63) is 72.3 Å². The normalized spacial score (nSPS) is 12.8. The highest BCUT2D eigenvalue weighted by Gasteiger charge is 2.29. The van der Waals surface area contributed by atoms with Gasteiger partial charge in [-0.2, -0.15) is 0 Å². The maximum atomic E-state index is 12.9. The zero-order valence-corrected chi connectivity index (χ0v) is 17.7. The van der Waals surface area contributed by atoms with E-state index in [4.69, 9.17) is 4.42 Å². The number of nitrogens with zero attached hydrogens (tertiary/aromatic N) is 1. The van der Waals surface area contributed by atoms with Crippen LogP contribution in [-0.2, 0) is 14.8 Å². The third-order valence-electron chi connectivity index (χ3n) is 5.02. The minimum atomic E-state index is -3.67. The summed E-state index contributed by atoms with van der Waals surface area (Å²) in [5.74, 6) is -0.434. The lowest BCUT2D eigenvalue weighted by molar-refractivity contribution is -0.116. The first-order valence-corrected chi connectivity index (χ1v) is 11.4. The highest BCUT2D eigenvalue weighted by Crippen LogP contribution is 2.30. The molecule has 0 unspecified atom stereocenters. The van der Waals surface area contributed by atoms with Gasteiger partial charge in [-0.25, -0.2) is 8.42 Å². The number of anilines is 2. The minimum absolute atomic E-state index is 0.434. The molecule has 4 rings (SSSR count). The van der Waals surface area contributed by atoms with Crippen molar-refractivity contribution in [3.63, 3.8) is 0 Å². The lowest BCUT2D eigenvalue weighted by Gasteiger charge is -2.28. The molecule has 6 nitrogen and oxygen atoms in total. The SMILES string of the molecule is Cc1ccc(N([C@H](C)C(=O)Nc2ccc3c(c2)oc2ccccc23)S(C)(=O)=O)cc1. The molecule has 4 aromatic rings. The third kappa shape index (κ3) is 3.76. The van der Waals surface area contributed by atoms with Gasteiger partial charge in [0.05, 0.1) is 11.9 Å². The largest absolute Gasteiger partial charge is 0.456 e. The molecular weight excluding hydrogens is 400 g/mol. The number of sulfonamides is 1. The molecule has 0 radical (unpaired) electrons. The Balaban J connectivity index is 1.62. The van der Waals surface area contributed by atoms with Crippen molar-refractivity contribution in [2.24, 2.45) is 0 Å². The Morgan fingerprint density at radius 1 is 0.967 bits per heavy atom. The molecule has 1 atom stereocenters. The monoisotopic (exact) mass is 422 g/mol. The summed E-state index contributed by atoms with van der Waals surface area (Å²) >= 11 is 0. The predicted molar refractivity (Wildman–Crippen MR) is 120 cm³/mol. The Hall–Kier alpha value is -3.32. The Morgan fingerprint density at radius 3 is 2.33 bits per heavy atom. The van der Waals surface area contributed by atoms with Crippen LogP contribution in [0.1, 0.15) is 12.5 Å². The zero-order chi connectivity index (χ0) is 21.5. The lowest BCUT2D eigenvalue weighted by atomic mass is 10.1. The number of fused-ring (bicyclic) bond motifs is 3. The quantitative estimate of drug-likeness (QED) is 0.506. The summed E-state index contributed by atoms with van der Waals surface area (Å²) in [6.07, 6.45) is 1.09. The zero-order valence-electron chi connectivity index (χ0n) is 16.9. The first kappa shape index (κ1) is 20.0. The van der Waals surface area contributed by atoms with Gasteiger partial charge in [0.25, 0.3) is 0 Å². The van der Waals surface area contributed by atoms with Gasteiger partial charge in [0.2, 0.25) is 15.9 Å². The number of furan rings is 1. The van der Waals surface area contributed by atoms with Gasteiger partial charge < -0.3 is 9.73 Å². The van der Waals surface area contributed by atoms with Crippen molar-refractivity contribution in [1.29, 1.82) is 0 Å². The number of hydrogen-bond donors (Lipinski definition) is 1. The fourth-order valence-corrected chi connectivity index (χ4v) is 4.73. The average Bonchev–Trinajstić information content (AvgIpc) is 3.06.